The van der Waals surface area contributed by atoms with Crippen LogP contribution in [0.25, 0.3) is 11.5 Å². The predicted molar refractivity (Wildman–Crippen MR) is 88.9 cm³/mol. The van der Waals surface area contributed by atoms with Crippen LogP contribution in [-0.4, -0.2) is 26.9 Å². The first kappa shape index (κ1) is 16.5. The Bertz CT molecular complexity index is 802. The van der Waals surface area contributed by atoms with E-state index in [0.29, 0.717) is 29.4 Å². The number of nitrogens with zero attached hydrogens (tertiary/aromatic N) is 4. The summed E-state index contributed by atoms with van der Waals surface area (Å²) >= 11 is 1.38. The van der Waals surface area contributed by atoms with E-state index in [1.165, 1.54) is 11.8 Å². The SMILES string of the molecule is CCOc1ccccc1-c1nnc(SC(C)c2nc(CC)no2)o1. The Morgan fingerprint density at radius 2 is 2.04 bits per heavy atom. The van der Waals surface area contributed by atoms with Crippen LogP contribution in [0.1, 0.15) is 37.7 Å². The number of aryl methyl sites for hydroxylation is 1. The smallest absolute Gasteiger partial charge is 0.277 e. The van der Waals surface area contributed by atoms with Gasteiger partial charge in [0.15, 0.2) is 5.82 Å². The van der Waals surface area contributed by atoms with Crippen molar-refractivity contribution in [3.05, 3.63) is 36.0 Å². The Kier molecular flexibility index (Phi) is 5.14. The summed E-state index contributed by atoms with van der Waals surface area (Å²) in [4.78, 5) is 4.32. The third kappa shape index (κ3) is 3.59. The molecule has 8 heteroatoms. The highest BCUT2D eigenvalue weighted by Gasteiger charge is 2.20. The molecule has 1 unspecified atom stereocenters. The van der Waals surface area contributed by atoms with Crippen LogP contribution >= 0.6 is 11.8 Å². The maximum atomic E-state index is 5.75. The zero-order valence-corrected chi connectivity index (χ0v) is 14.5. The Morgan fingerprint density at radius 1 is 1.21 bits per heavy atom. The maximum Gasteiger partial charge on any atom is 0.277 e. The van der Waals surface area contributed by atoms with Gasteiger partial charge in [0.25, 0.3) is 11.1 Å². The minimum atomic E-state index is -0.0757. The fourth-order valence-electron chi connectivity index (χ4n) is 2.07. The van der Waals surface area contributed by atoms with Crippen molar-refractivity contribution in [1.82, 2.24) is 20.3 Å². The summed E-state index contributed by atoms with van der Waals surface area (Å²) in [5, 5.41) is 12.5. The number of hydrogen-bond donors (Lipinski definition) is 0. The third-order valence-corrected chi connectivity index (χ3v) is 4.17. The van der Waals surface area contributed by atoms with Gasteiger partial charge in [0, 0.05) is 6.42 Å². The molecule has 24 heavy (non-hydrogen) atoms. The Balaban J connectivity index is 1.76. The lowest BCUT2D eigenvalue weighted by atomic mass is 10.2. The highest BCUT2D eigenvalue weighted by atomic mass is 32.2. The van der Waals surface area contributed by atoms with Crippen LogP contribution in [0, 0.1) is 0 Å². The second-order valence-electron chi connectivity index (χ2n) is 4.96. The Labute approximate surface area is 143 Å². The quantitative estimate of drug-likeness (QED) is 0.595. The molecule has 3 rings (SSSR count). The van der Waals surface area contributed by atoms with E-state index in [0.717, 1.165) is 17.7 Å². The Hall–Kier alpha value is -2.35. The molecular formula is C16H18N4O3S. The van der Waals surface area contributed by atoms with Crippen molar-refractivity contribution in [3.63, 3.8) is 0 Å². The van der Waals surface area contributed by atoms with Gasteiger partial charge in [0.2, 0.25) is 5.89 Å². The van der Waals surface area contributed by atoms with Gasteiger partial charge in [0.05, 0.1) is 17.4 Å². The normalized spacial score (nSPS) is 12.3. The van der Waals surface area contributed by atoms with Gasteiger partial charge in [-0.05, 0) is 26.0 Å². The number of benzene rings is 1. The van der Waals surface area contributed by atoms with E-state index in [9.17, 15) is 0 Å². The summed E-state index contributed by atoms with van der Waals surface area (Å²) in [7, 11) is 0. The van der Waals surface area contributed by atoms with Crippen molar-refractivity contribution in [3.8, 4) is 17.2 Å². The summed E-state index contributed by atoms with van der Waals surface area (Å²) < 4.78 is 16.6. The number of aromatic nitrogens is 4. The molecule has 0 aliphatic heterocycles. The van der Waals surface area contributed by atoms with Gasteiger partial charge in [-0.15, -0.1) is 10.2 Å². The van der Waals surface area contributed by atoms with Gasteiger partial charge in [-0.2, -0.15) is 4.98 Å². The van der Waals surface area contributed by atoms with Crippen molar-refractivity contribution < 1.29 is 13.7 Å². The lowest BCUT2D eigenvalue weighted by molar-refractivity contribution is 0.340. The van der Waals surface area contributed by atoms with Crippen molar-refractivity contribution in [1.29, 1.82) is 0 Å². The molecule has 0 saturated carbocycles. The molecule has 0 bridgehead atoms. The van der Waals surface area contributed by atoms with Gasteiger partial charge < -0.3 is 13.7 Å². The molecule has 7 nitrogen and oxygen atoms in total. The third-order valence-electron chi connectivity index (χ3n) is 3.25. The number of para-hydroxylation sites is 1. The van der Waals surface area contributed by atoms with E-state index in [4.69, 9.17) is 13.7 Å². The topological polar surface area (TPSA) is 87.1 Å². The van der Waals surface area contributed by atoms with Gasteiger partial charge in [-0.3, -0.25) is 0 Å². The molecule has 0 aliphatic rings. The van der Waals surface area contributed by atoms with Crippen molar-refractivity contribution in [2.24, 2.45) is 0 Å². The standard InChI is InChI=1S/C16H18N4O3S/c1-4-13-17-14(23-20-13)10(3)24-16-19-18-15(22-16)11-8-6-7-9-12(11)21-5-2/h6-10H,4-5H2,1-3H3. The molecule has 2 aromatic heterocycles. The molecular weight excluding hydrogens is 328 g/mol. The minimum absolute atomic E-state index is 0.0757. The first-order valence-corrected chi connectivity index (χ1v) is 8.64. The molecule has 1 aromatic carbocycles. The first-order valence-electron chi connectivity index (χ1n) is 7.76. The lowest BCUT2D eigenvalue weighted by Crippen LogP contribution is -1.93. The molecule has 0 amide bonds. The van der Waals surface area contributed by atoms with Gasteiger partial charge in [0.1, 0.15) is 5.75 Å². The molecule has 0 fully saturated rings. The zero-order chi connectivity index (χ0) is 16.9. The maximum absolute atomic E-state index is 5.75. The van der Waals surface area contributed by atoms with E-state index < -0.39 is 0 Å². The lowest BCUT2D eigenvalue weighted by Gasteiger charge is -2.06. The molecule has 0 saturated heterocycles. The molecule has 0 aliphatic carbocycles. The molecule has 2 heterocycles. The average Bonchev–Trinajstić information content (AvgIpc) is 3.25. The van der Waals surface area contributed by atoms with Crippen LogP contribution in [0.15, 0.2) is 38.4 Å². The van der Waals surface area contributed by atoms with Crippen LogP contribution in [0.2, 0.25) is 0 Å². The van der Waals surface area contributed by atoms with Crippen LogP contribution in [-0.2, 0) is 6.42 Å². The van der Waals surface area contributed by atoms with E-state index in [1.807, 2.05) is 45.0 Å². The number of rotatable bonds is 7. The highest BCUT2D eigenvalue weighted by molar-refractivity contribution is 7.99. The van der Waals surface area contributed by atoms with Crippen molar-refractivity contribution in [2.45, 2.75) is 37.7 Å². The first-order chi connectivity index (χ1) is 11.7. The molecule has 0 N–H and O–H groups in total. The van der Waals surface area contributed by atoms with Crippen molar-refractivity contribution in [2.75, 3.05) is 6.61 Å². The number of thioether (sulfide) groups is 1. The second-order valence-corrected chi connectivity index (χ2v) is 6.26. The van der Waals surface area contributed by atoms with Crippen LogP contribution in [0.5, 0.6) is 5.75 Å². The van der Waals surface area contributed by atoms with E-state index in [2.05, 4.69) is 20.3 Å². The molecule has 0 radical (unpaired) electrons. The summed E-state index contributed by atoms with van der Waals surface area (Å²) in [6, 6.07) is 7.58. The monoisotopic (exact) mass is 346 g/mol. The van der Waals surface area contributed by atoms with Gasteiger partial charge in [-0.25, -0.2) is 0 Å². The minimum Gasteiger partial charge on any atom is -0.493 e. The molecule has 3 aromatic rings. The average molecular weight is 346 g/mol. The van der Waals surface area contributed by atoms with Gasteiger partial charge in [-0.1, -0.05) is 36.0 Å². The van der Waals surface area contributed by atoms with E-state index >= 15 is 0 Å². The van der Waals surface area contributed by atoms with Crippen LogP contribution in [0.3, 0.4) is 0 Å². The molecule has 126 valence electrons. The van der Waals surface area contributed by atoms with Crippen LogP contribution < -0.4 is 4.74 Å². The largest absolute Gasteiger partial charge is 0.493 e. The fraction of sp³-hybridized carbons (Fsp3) is 0.375. The fourth-order valence-corrected chi connectivity index (χ4v) is 2.78. The van der Waals surface area contributed by atoms with E-state index in [1.54, 1.807) is 0 Å². The molecule has 0 spiro atoms. The van der Waals surface area contributed by atoms with Crippen LogP contribution in [0.4, 0.5) is 0 Å². The van der Waals surface area contributed by atoms with Gasteiger partial charge >= 0.3 is 0 Å². The molecule has 1 atom stereocenters. The zero-order valence-electron chi connectivity index (χ0n) is 13.7. The number of hydrogen-bond acceptors (Lipinski definition) is 8. The van der Waals surface area contributed by atoms with E-state index in [-0.39, 0.29) is 5.25 Å². The summed E-state index contributed by atoms with van der Waals surface area (Å²) in [6.45, 7) is 6.44. The number of ether oxygens (including phenoxy) is 1. The predicted octanol–water partition coefficient (Wildman–Crippen LogP) is 3.93. The summed E-state index contributed by atoms with van der Waals surface area (Å²) in [6.07, 6.45) is 0.736. The summed E-state index contributed by atoms with van der Waals surface area (Å²) in [5.41, 5.74) is 0.775. The summed E-state index contributed by atoms with van der Waals surface area (Å²) in [5.74, 6) is 2.38. The Morgan fingerprint density at radius 3 is 2.79 bits per heavy atom. The highest BCUT2D eigenvalue weighted by Crippen LogP contribution is 2.36. The second kappa shape index (κ2) is 7.48. The van der Waals surface area contributed by atoms with Crippen molar-refractivity contribution >= 4 is 11.8 Å².